The van der Waals surface area contributed by atoms with Crippen LogP contribution in [0.3, 0.4) is 0 Å². The van der Waals surface area contributed by atoms with E-state index < -0.39 is 28.2 Å². The maximum absolute atomic E-state index is 10.9. The summed E-state index contributed by atoms with van der Waals surface area (Å²) in [6, 6.07) is 0. The predicted molar refractivity (Wildman–Crippen MR) is 84.0 cm³/mol. The van der Waals surface area contributed by atoms with Gasteiger partial charge in [0.25, 0.3) is 0 Å². The average Bonchev–Trinajstić information content (AvgIpc) is 2.50. The van der Waals surface area contributed by atoms with E-state index in [9.17, 15) is 19.2 Å². The molecule has 0 aromatic heterocycles. The molecule has 0 unspecified atom stereocenters. The van der Waals surface area contributed by atoms with Crippen molar-refractivity contribution >= 4 is 34.6 Å². The van der Waals surface area contributed by atoms with E-state index in [1.54, 1.807) is 0 Å². The van der Waals surface area contributed by atoms with E-state index >= 15 is 0 Å². The van der Waals surface area contributed by atoms with Crippen molar-refractivity contribution in [3.8, 4) is 0 Å². The van der Waals surface area contributed by atoms with E-state index in [4.69, 9.17) is 31.4 Å². The number of nitrogens with two attached hydrogens (primary N) is 2. The number of hydrazine groups is 2. The number of thioether (sulfide) groups is 1. The van der Waals surface area contributed by atoms with Crippen LogP contribution >= 0.6 is 11.8 Å². The van der Waals surface area contributed by atoms with E-state index in [1.165, 1.54) is 0 Å². The molecule has 0 heterocycles. The lowest BCUT2D eigenvalue weighted by Crippen LogP contribution is -2.38. The van der Waals surface area contributed by atoms with E-state index in [-0.39, 0.29) is 25.0 Å². The van der Waals surface area contributed by atoms with Gasteiger partial charge in [0.2, 0.25) is 0 Å². The summed E-state index contributed by atoms with van der Waals surface area (Å²) in [6.45, 7) is 4.01. The van der Waals surface area contributed by atoms with Gasteiger partial charge in [-0.1, -0.05) is 20.3 Å². The lowest BCUT2D eigenvalue weighted by Gasteiger charge is -2.27. The summed E-state index contributed by atoms with van der Waals surface area (Å²) < 4.78 is 9.71. The van der Waals surface area contributed by atoms with Crippen LogP contribution in [0.2, 0.25) is 0 Å². The normalized spacial score (nSPS) is 9.83. The average molecular weight is 370 g/mol. The lowest BCUT2D eigenvalue weighted by atomic mass is 9.87. The van der Waals surface area contributed by atoms with Gasteiger partial charge in [0.05, 0.1) is 11.8 Å². The first-order chi connectivity index (χ1) is 11.1. The Labute approximate surface area is 142 Å². The summed E-state index contributed by atoms with van der Waals surface area (Å²) in [6.07, 6.45) is 0.131. The second-order valence-electron chi connectivity index (χ2n) is 4.64. The Hall–Kier alpha value is -2.25. The molecule has 0 aromatic rings. The number of carboxylic acid groups (broad SMARTS) is 2. The van der Waals surface area contributed by atoms with Gasteiger partial charge in [0.15, 0.2) is 0 Å². The Morgan fingerprint density at radius 2 is 1.38 bits per heavy atom. The molecule has 0 bridgehead atoms. The van der Waals surface area contributed by atoms with Crippen molar-refractivity contribution in [3.05, 3.63) is 0 Å². The summed E-state index contributed by atoms with van der Waals surface area (Å²) in [4.78, 5) is 40.5. The zero-order valence-electron chi connectivity index (χ0n) is 13.2. The van der Waals surface area contributed by atoms with Gasteiger partial charge < -0.3 is 19.7 Å². The number of hydrogen-bond acceptors (Lipinski definition) is 9. The van der Waals surface area contributed by atoms with Crippen molar-refractivity contribution in [1.82, 2.24) is 10.9 Å². The molecule has 2 amide bonds. The fourth-order valence-corrected chi connectivity index (χ4v) is 1.58. The summed E-state index contributed by atoms with van der Waals surface area (Å²) in [5, 5.41) is 12.5. The summed E-state index contributed by atoms with van der Waals surface area (Å²) in [5.41, 5.74) is 3.24. The Morgan fingerprint density at radius 1 is 1.00 bits per heavy atom. The maximum Gasteiger partial charge on any atom is 0.421 e. The second kappa shape index (κ2) is 13.2. The molecule has 8 N–H and O–H groups in total. The number of rotatable bonds is 6. The van der Waals surface area contributed by atoms with Gasteiger partial charge in [-0.05, 0) is 6.42 Å². The van der Waals surface area contributed by atoms with Crippen LogP contribution in [0.4, 0.5) is 19.2 Å². The summed E-state index contributed by atoms with van der Waals surface area (Å²) >= 11 is -0.157. The zero-order valence-corrected chi connectivity index (χ0v) is 14.1. The van der Waals surface area contributed by atoms with Crippen molar-refractivity contribution in [3.63, 3.8) is 0 Å². The van der Waals surface area contributed by atoms with Crippen molar-refractivity contribution < 1.29 is 38.9 Å². The summed E-state index contributed by atoms with van der Waals surface area (Å²) in [5.74, 6) is 9.77. The quantitative estimate of drug-likeness (QED) is 0.221. The first-order valence-electron chi connectivity index (χ1n) is 6.50. The van der Waals surface area contributed by atoms with Gasteiger partial charge in [-0.3, -0.25) is 10.9 Å². The van der Waals surface area contributed by atoms with Gasteiger partial charge in [0.1, 0.15) is 13.2 Å². The molecular weight excluding hydrogens is 348 g/mol. The number of carbonyl (C=O) groups excluding carboxylic acids is 2. The Kier molecular flexibility index (Phi) is 13.2. The van der Waals surface area contributed by atoms with Crippen LogP contribution in [0.1, 0.15) is 26.7 Å². The third-order valence-corrected chi connectivity index (χ3v) is 2.72. The van der Waals surface area contributed by atoms with Crippen LogP contribution < -0.4 is 22.5 Å². The monoisotopic (exact) mass is 370 g/mol. The van der Waals surface area contributed by atoms with Gasteiger partial charge in [-0.15, -0.1) is 0 Å². The molecule has 0 saturated carbocycles. The van der Waals surface area contributed by atoms with Crippen LogP contribution in [0.15, 0.2) is 0 Å². The number of nitrogens with one attached hydrogen (secondary N) is 2. The summed E-state index contributed by atoms with van der Waals surface area (Å²) in [7, 11) is 0. The first-order valence-corrected chi connectivity index (χ1v) is 7.32. The molecule has 140 valence electrons. The molecule has 0 aliphatic heterocycles. The standard InChI is InChI=1S/C9H20N4O4.C2H2O4S/c1-3-4-9(2,5-16-7(14)12-10)6-17-8(15)13-11;3-1(4)7-2(5)6/h3-6,10-11H2,1-2H3,(H,12,14)(H,13,15);(H,3,4)(H,5,6). The predicted octanol–water partition coefficient (Wildman–Crippen LogP) is 1.07. The number of hydrogen-bond donors (Lipinski definition) is 6. The molecule has 0 saturated heterocycles. The minimum absolute atomic E-state index is 0.0989. The molecule has 0 aliphatic rings. The first kappa shape index (κ1) is 24.0. The van der Waals surface area contributed by atoms with Crippen molar-refractivity contribution in [1.29, 1.82) is 0 Å². The van der Waals surface area contributed by atoms with Gasteiger partial charge in [0, 0.05) is 5.41 Å². The van der Waals surface area contributed by atoms with E-state index in [0.717, 1.165) is 12.8 Å². The second-order valence-corrected chi connectivity index (χ2v) is 5.54. The van der Waals surface area contributed by atoms with Crippen LogP contribution in [-0.2, 0) is 9.47 Å². The highest BCUT2D eigenvalue weighted by atomic mass is 32.2. The van der Waals surface area contributed by atoms with E-state index in [1.807, 2.05) is 24.7 Å². The largest absolute Gasteiger partial charge is 0.473 e. The highest BCUT2D eigenvalue weighted by Crippen LogP contribution is 2.24. The third kappa shape index (κ3) is 14.7. The molecule has 0 rings (SSSR count). The zero-order chi connectivity index (χ0) is 19.2. The molecule has 0 spiro atoms. The highest BCUT2D eigenvalue weighted by molar-refractivity contribution is 8.25. The minimum Gasteiger partial charge on any atom is -0.473 e. The molecule has 0 atom stereocenters. The third-order valence-electron chi connectivity index (χ3n) is 2.37. The van der Waals surface area contributed by atoms with Gasteiger partial charge in [-0.25, -0.2) is 30.9 Å². The Morgan fingerprint density at radius 3 is 1.58 bits per heavy atom. The number of ether oxygens (including phenoxy) is 2. The smallest absolute Gasteiger partial charge is 0.421 e. The Balaban J connectivity index is 0. The van der Waals surface area contributed by atoms with Gasteiger partial charge in [-0.2, -0.15) is 0 Å². The molecule has 0 aromatic carbocycles. The molecule has 0 fully saturated rings. The molecular formula is C11H22N4O8S. The molecule has 13 heteroatoms. The maximum atomic E-state index is 10.9. The van der Waals surface area contributed by atoms with Crippen molar-refractivity contribution in [2.24, 2.45) is 17.1 Å². The highest BCUT2D eigenvalue weighted by Gasteiger charge is 2.27. The van der Waals surface area contributed by atoms with Crippen LogP contribution in [0.5, 0.6) is 0 Å². The van der Waals surface area contributed by atoms with Crippen LogP contribution in [0, 0.1) is 5.41 Å². The molecule has 12 nitrogen and oxygen atoms in total. The minimum atomic E-state index is -1.40. The van der Waals surface area contributed by atoms with E-state index in [2.05, 4.69) is 0 Å². The topological polar surface area (TPSA) is 203 Å². The SMILES string of the molecule is CCCC(C)(COC(=O)NN)COC(=O)NN.O=C(O)SC(=O)O. The molecule has 0 radical (unpaired) electrons. The van der Waals surface area contributed by atoms with Gasteiger partial charge >= 0.3 is 22.8 Å². The number of carbonyl (C=O) groups is 4. The Bertz CT molecular complexity index is 402. The van der Waals surface area contributed by atoms with E-state index in [0.29, 0.717) is 0 Å². The van der Waals surface area contributed by atoms with Crippen LogP contribution in [-0.4, -0.2) is 46.2 Å². The van der Waals surface area contributed by atoms with Crippen molar-refractivity contribution in [2.75, 3.05) is 13.2 Å². The van der Waals surface area contributed by atoms with Crippen molar-refractivity contribution in [2.45, 2.75) is 26.7 Å². The fraction of sp³-hybridized carbons (Fsp3) is 0.636. The fourth-order valence-electron chi connectivity index (χ4n) is 1.43. The molecule has 0 aliphatic carbocycles. The lowest BCUT2D eigenvalue weighted by molar-refractivity contribution is 0.0311. The molecule has 24 heavy (non-hydrogen) atoms. The van der Waals surface area contributed by atoms with Crippen LogP contribution in [0.25, 0.3) is 0 Å². The number of amides is 2.